The second-order valence-corrected chi connectivity index (χ2v) is 9.35. The van der Waals surface area contributed by atoms with Crippen LogP contribution in [-0.4, -0.2) is 48.4 Å². The summed E-state index contributed by atoms with van der Waals surface area (Å²) in [6.45, 7) is 0.0767. The SMILES string of the molecule is CN1C(=O)C(NC(=O)Nc2cccc(C3=C(O)CNC3=O)c2)N=C(C2CCCCC2)c2ccccc21. The summed E-state index contributed by atoms with van der Waals surface area (Å²) < 4.78 is 0. The van der Waals surface area contributed by atoms with Gasteiger partial charge in [-0.3, -0.25) is 14.6 Å². The molecule has 9 nitrogen and oxygen atoms in total. The van der Waals surface area contributed by atoms with E-state index in [2.05, 4.69) is 16.0 Å². The maximum absolute atomic E-state index is 13.3. The molecule has 9 heteroatoms. The molecule has 2 heterocycles. The number of hydrogen-bond acceptors (Lipinski definition) is 5. The molecule has 2 aliphatic heterocycles. The van der Waals surface area contributed by atoms with Gasteiger partial charge in [-0.2, -0.15) is 0 Å². The number of carbonyl (C=O) groups is 3. The van der Waals surface area contributed by atoms with Crippen LogP contribution in [0.1, 0.15) is 43.2 Å². The second kappa shape index (κ2) is 9.85. The molecule has 5 rings (SSSR count). The van der Waals surface area contributed by atoms with Crippen LogP contribution in [0.15, 0.2) is 59.3 Å². The van der Waals surface area contributed by atoms with E-state index in [0.717, 1.165) is 42.6 Å². The summed E-state index contributed by atoms with van der Waals surface area (Å²) in [6, 6.07) is 13.8. The lowest BCUT2D eigenvalue weighted by molar-refractivity contribution is -0.119. The molecule has 0 saturated heterocycles. The van der Waals surface area contributed by atoms with Crippen LogP contribution in [0.2, 0.25) is 0 Å². The van der Waals surface area contributed by atoms with Crippen molar-refractivity contribution >= 4 is 40.5 Å². The van der Waals surface area contributed by atoms with Crippen LogP contribution >= 0.6 is 0 Å². The van der Waals surface area contributed by atoms with Crippen LogP contribution < -0.4 is 20.9 Å². The number of benzene rings is 2. The Hall–Kier alpha value is -4.14. The number of likely N-dealkylation sites (N-methyl/N-ethyl adjacent to an activating group) is 1. The number of para-hydroxylation sites is 1. The molecule has 2 aromatic carbocycles. The van der Waals surface area contributed by atoms with E-state index in [4.69, 9.17) is 4.99 Å². The third-order valence-electron chi connectivity index (χ3n) is 6.97. The highest BCUT2D eigenvalue weighted by Crippen LogP contribution is 2.33. The van der Waals surface area contributed by atoms with Crippen molar-refractivity contribution in [3.63, 3.8) is 0 Å². The van der Waals surface area contributed by atoms with Gasteiger partial charge in [0.15, 0.2) is 0 Å². The van der Waals surface area contributed by atoms with Crippen molar-refractivity contribution in [2.24, 2.45) is 10.9 Å². The minimum absolute atomic E-state index is 0.0437. The standard InChI is InChI=1S/C27H29N5O4/c1-32-20-13-6-5-12-19(20)23(16-8-3-2-4-9-16)30-24(26(32)35)31-27(36)29-18-11-7-10-17(14-18)22-21(33)15-28-25(22)34/h5-7,10-14,16,24,33H,2-4,8-9,15H2,1H3,(H,28,34)(H2,29,31,36). The first-order valence-corrected chi connectivity index (χ1v) is 12.3. The Morgan fingerprint density at radius 2 is 1.86 bits per heavy atom. The van der Waals surface area contributed by atoms with E-state index in [0.29, 0.717) is 11.3 Å². The van der Waals surface area contributed by atoms with Crippen molar-refractivity contribution in [2.75, 3.05) is 23.8 Å². The van der Waals surface area contributed by atoms with Gasteiger partial charge in [-0.25, -0.2) is 4.79 Å². The molecule has 1 aliphatic carbocycles. The van der Waals surface area contributed by atoms with Crippen LogP contribution in [0, 0.1) is 5.92 Å². The Kier molecular flexibility index (Phi) is 6.45. The lowest BCUT2D eigenvalue weighted by atomic mass is 9.83. The molecule has 36 heavy (non-hydrogen) atoms. The van der Waals surface area contributed by atoms with E-state index < -0.39 is 12.2 Å². The van der Waals surface area contributed by atoms with Crippen LogP contribution in [0.25, 0.3) is 5.57 Å². The van der Waals surface area contributed by atoms with Crippen molar-refractivity contribution in [2.45, 2.75) is 38.3 Å². The fraction of sp³-hybridized carbons (Fsp3) is 0.333. The number of benzodiazepines with no additional fused rings is 1. The maximum Gasteiger partial charge on any atom is 0.321 e. The normalized spacial score (nSPS) is 20.4. The van der Waals surface area contributed by atoms with Gasteiger partial charge in [0.05, 0.1) is 23.5 Å². The highest BCUT2D eigenvalue weighted by atomic mass is 16.3. The summed E-state index contributed by atoms with van der Waals surface area (Å²) in [5.41, 5.74) is 3.66. The Balaban J connectivity index is 1.39. The molecule has 0 bridgehead atoms. The van der Waals surface area contributed by atoms with Gasteiger partial charge < -0.3 is 26.0 Å². The average Bonchev–Trinajstić information content (AvgIpc) is 3.19. The van der Waals surface area contributed by atoms with E-state index in [1.54, 1.807) is 36.2 Å². The number of aliphatic hydroxyl groups excluding tert-OH is 1. The van der Waals surface area contributed by atoms with Crippen LogP contribution in [0.3, 0.4) is 0 Å². The smallest absolute Gasteiger partial charge is 0.321 e. The van der Waals surface area contributed by atoms with Crippen LogP contribution in [-0.2, 0) is 9.59 Å². The number of hydrogen-bond donors (Lipinski definition) is 4. The summed E-state index contributed by atoms with van der Waals surface area (Å²) >= 11 is 0. The number of aliphatic imine (C=N–C) groups is 1. The third-order valence-corrected chi connectivity index (χ3v) is 6.97. The first kappa shape index (κ1) is 23.6. The monoisotopic (exact) mass is 487 g/mol. The van der Waals surface area contributed by atoms with Crippen molar-refractivity contribution < 1.29 is 19.5 Å². The first-order chi connectivity index (χ1) is 17.4. The van der Waals surface area contributed by atoms with Gasteiger partial charge in [-0.15, -0.1) is 0 Å². The number of nitrogens with one attached hydrogen (secondary N) is 3. The predicted octanol–water partition coefficient (Wildman–Crippen LogP) is 3.58. The highest BCUT2D eigenvalue weighted by molar-refractivity contribution is 6.22. The van der Waals surface area contributed by atoms with Gasteiger partial charge in [0.1, 0.15) is 5.76 Å². The number of aliphatic hydroxyl groups is 1. The zero-order chi connectivity index (χ0) is 25.2. The first-order valence-electron chi connectivity index (χ1n) is 12.3. The quantitative estimate of drug-likeness (QED) is 0.526. The molecule has 4 N–H and O–H groups in total. The number of amides is 4. The van der Waals surface area contributed by atoms with Crippen molar-refractivity contribution in [3.8, 4) is 0 Å². The molecule has 0 radical (unpaired) electrons. The van der Waals surface area contributed by atoms with Gasteiger partial charge >= 0.3 is 6.03 Å². The third kappa shape index (κ3) is 4.56. The Bertz CT molecular complexity index is 1280. The molecular formula is C27H29N5O4. The van der Waals surface area contributed by atoms with E-state index >= 15 is 0 Å². The second-order valence-electron chi connectivity index (χ2n) is 9.35. The van der Waals surface area contributed by atoms with Crippen molar-refractivity contribution in [1.82, 2.24) is 10.6 Å². The van der Waals surface area contributed by atoms with E-state index in [9.17, 15) is 19.5 Å². The van der Waals surface area contributed by atoms with Gasteiger partial charge in [-0.1, -0.05) is 49.6 Å². The largest absolute Gasteiger partial charge is 0.510 e. The number of rotatable bonds is 4. The molecule has 1 unspecified atom stereocenters. The number of fused-ring (bicyclic) bond motifs is 1. The lowest BCUT2D eigenvalue weighted by Crippen LogP contribution is -2.47. The van der Waals surface area contributed by atoms with E-state index in [1.165, 1.54) is 6.42 Å². The molecule has 1 saturated carbocycles. The zero-order valence-corrected chi connectivity index (χ0v) is 20.1. The molecule has 2 aromatic rings. The molecule has 1 atom stereocenters. The molecule has 1 fully saturated rings. The topological polar surface area (TPSA) is 123 Å². The molecular weight excluding hydrogens is 458 g/mol. The lowest BCUT2D eigenvalue weighted by Gasteiger charge is -2.25. The molecule has 186 valence electrons. The summed E-state index contributed by atoms with van der Waals surface area (Å²) in [7, 11) is 1.70. The van der Waals surface area contributed by atoms with Crippen molar-refractivity contribution in [3.05, 3.63) is 65.4 Å². The summed E-state index contributed by atoms with van der Waals surface area (Å²) in [6.07, 6.45) is 4.38. The summed E-state index contributed by atoms with van der Waals surface area (Å²) in [5, 5.41) is 18.1. The number of anilines is 2. The van der Waals surface area contributed by atoms with Gasteiger partial charge in [0.2, 0.25) is 6.17 Å². The van der Waals surface area contributed by atoms with Gasteiger partial charge in [0.25, 0.3) is 11.8 Å². The Labute approximate surface area is 209 Å². The number of nitrogens with zero attached hydrogens (tertiary/aromatic N) is 2. The highest BCUT2D eigenvalue weighted by Gasteiger charge is 2.33. The Morgan fingerprint density at radius 3 is 2.61 bits per heavy atom. The van der Waals surface area contributed by atoms with Crippen LogP contribution in [0.5, 0.6) is 0 Å². The summed E-state index contributed by atoms with van der Waals surface area (Å²) in [4.78, 5) is 44.7. The Morgan fingerprint density at radius 1 is 1.08 bits per heavy atom. The minimum atomic E-state index is -1.07. The van der Waals surface area contributed by atoms with Gasteiger partial charge in [0, 0.05) is 24.2 Å². The summed E-state index contributed by atoms with van der Waals surface area (Å²) in [5.74, 6) is -0.500. The zero-order valence-electron chi connectivity index (χ0n) is 20.1. The van der Waals surface area contributed by atoms with E-state index in [1.807, 2.05) is 24.3 Å². The number of urea groups is 1. The fourth-order valence-electron chi connectivity index (χ4n) is 5.16. The van der Waals surface area contributed by atoms with Crippen LogP contribution in [0.4, 0.5) is 16.2 Å². The fourth-order valence-corrected chi connectivity index (χ4v) is 5.16. The minimum Gasteiger partial charge on any atom is -0.510 e. The average molecular weight is 488 g/mol. The number of carbonyl (C=O) groups excluding carboxylic acids is 3. The molecule has 0 spiro atoms. The molecule has 3 aliphatic rings. The van der Waals surface area contributed by atoms with E-state index in [-0.39, 0.29) is 35.6 Å². The maximum atomic E-state index is 13.3. The van der Waals surface area contributed by atoms with Gasteiger partial charge in [-0.05, 0) is 36.6 Å². The molecule has 0 aromatic heterocycles. The molecule has 4 amide bonds. The van der Waals surface area contributed by atoms with Crippen molar-refractivity contribution in [1.29, 1.82) is 0 Å². The predicted molar refractivity (Wildman–Crippen MR) is 138 cm³/mol.